The zero-order valence-corrected chi connectivity index (χ0v) is 15.2. The Morgan fingerprint density at radius 1 is 1.13 bits per heavy atom. The first kappa shape index (κ1) is 18.1. The van der Waals surface area contributed by atoms with Gasteiger partial charge in [0.1, 0.15) is 0 Å². The van der Waals surface area contributed by atoms with Gasteiger partial charge in [0.05, 0.1) is 18.8 Å². The van der Waals surface area contributed by atoms with Gasteiger partial charge in [-0.25, -0.2) is 0 Å². The van der Waals surface area contributed by atoms with Crippen molar-refractivity contribution in [3.8, 4) is 11.1 Å². The molecule has 0 saturated carbocycles. The number of morpholine rings is 1. The zero-order chi connectivity index (χ0) is 15.2. The van der Waals surface area contributed by atoms with E-state index in [9.17, 15) is 0 Å². The Kier molecular flexibility index (Phi) is 7.19. The Morgan fingerprint density at radius 3 is 2.57 bits per heavy atom. The van der Waals surface area contributed by atoms with Crippen molar-refractivity contribution < 1.29 is 38.5 Å². The lowest BCUT2D eigenvalue weighted by Crippen LogP contribution is -3.00. The van der Waals surface area contributed by atoms with Crippen molar-refractivity contribution in [2.75, 3.05) is 37.8 Å². The molecule has 6 heteroatoms. The van der Waals surface area contributed by atoms with Crippen LogP contribution in [0, 0.1) is 0 Å². The summed E-state index contributed by atoms with van der Waals surface area (Å²) >= 11 is 0. The number of ether oxygens (including phenoxy) is 1. The molecule has 1 aliphatic rings. The van der Waals surface area contributed by atoms with Crippen LogP contribution in [-0.4, -0.2) is 43.1 Å². The summed E-state index contributed by atoms with van der Waals surface area (Å²) in [6, 6.07) is 12.5. The maximum Gasteiger partial charge on any atom is 0.204 e. The molecule has 3 rings (SSSR count). The standard InChI is InChI=1S/C17H22N3O2.HI/c21-10-4-7-20-14-16(15-5-2-1-3-6-15)13-17(18-20)19-8-11-22-12-9-19;/h1-3,5-6,13-14,21H,4,7-12H2;1H/q+1;/p-1. The van der Waals surface area contributed by atoms with Crippen LogP contribution in [0.5, 0.6) is 0 Å². The summed E-state index contributed by atoms with van der Waals surface area (Å²) in [6.07, 6.45) is 2.76. The van der Waals surface area contributed by atoms with Gasteiger partial charge in [-0.1, -0.05) is 35.0 Å². The molecule has 0 unspecified atom stereocenters. The summed E-state index contributed by atoms with van der Waals surface area (Å²) in [4.78, 5) is 2.26. The predicted molar refractivity (Wildman–Crippen MR) is 84.6 cm³/mol. The highest BCUT2D eigenvalue weighted by Crippen LogP contribution is 2.21. The molecule has 23 heavy (non-hydrogen) atoms. The van der Waals surface area contributed by atoms with Crippen LogP contribution in [0.15, 0.2) is 42.6 Å². The molecule has 124 valence electrons. The molecular formula is C17H22IN3O2. The van der Waals surface area contributed by atoms with Crippen molar-refractivity contribution in [1.82, 2.24) is 5.10 Å². The predicted octanol–water partition coefficient (Wildman–Crippen LogP) is -1.74. The van der Waals surface area contributed by atoms with E-state index in [1.54, 1.807) is 0 Å². The number of hydrogen-bond acceptors (Lipinski definition) is 4. The molecule has 5 nitrogen and oxygen atoms in total. The second-order valence-electron chi connectivity index (χ2n) is 5.39. The number of aryl methyl sites for hydroxylation is 1. The van der Waals surface area contributed by atoms with E-state index >= 15 is 0 Å². The molecule has 1 N–H and O–H groups in total. The molecule has 2 aromatic rings. The number of aromatic nitrogens is 2. The van der Waals surface area contributed by atoms with Crippen LogP contribution in [-0.2, 0) is 11.3 Å². The molecule has 1 aromatic carbocycles. The minimum absolute atomic E-state index is 0. The van der Waals surface area contributed by atoms with Crippen molar-refractivity contribution >= 4 is 5.82 Å². The Bertz CT molecular complexity index is 604. The number of aliphatic hydroxyl groups excluding tert-OH is 1. The third-order valence-corrected chi connectivity index (χ3v) is 3.79. The van der Waals surface area contributed by atoms with Gasteiger partial charge in [0.25, 0.3) is 0 Å². The monoisotopic (exact) mass is 427 g/mol. The molecule has 0 aliphatic carbocycles. The van der Waals surface area contributed by atoms with Crippen LogP contribution in [0.2, 0.25) is 0 Å². The first-order valence-corrected chi connectivity index (χ1v) is 7.77. The summed E-state index contributed by atoms with van der Waals surface area (Å²) in [7, 11) is 0. The minimum Gasteiger partial charge on any atom is -1.00 e. The molecule has 0 radical (unpaired) electrons. The Hall–Kier alpha value is -1.25. The number of anilines is 1. The van der Waals surface area contributed by atoms with Gasteiger partial charge in [-0.05, 0) is 5.56 Å². The van der Waals surface area contributed by atoms with E-state index < -0.39 is 0 Å². The number of hydrogen-bond donors (Lipinski definition) is 1. The lowest BCUT2D eigenvalue weighted by atomic mass is 10.1. The minimum atomic E-state index is 0. The van der Waals surface area contributed by atoms with Crippen LogP contribution in [0.4, 0.5) is 5.82 Å². The van der Waals surface area contributed by atoms with E-state index in [1.807, 2.05) is 22.9 Å². The van der Waals surface area contributed by atoms with Gasteiger partial charge >= 0.3 is 0 Å². The lowest BCUT2D eigenvalue weighted by molar-refractivity contribution is -0.752. The number of benzene rings is 1. The highest BCUT2D eigenvalue weighted by atomic mass is 127. The van der Waals surface area contributed by atoms with E-state index in [0.717, 1.165) is 37.7 Å². The summed E-state index contributed by atoms with van der Waals surface area (Å²) < 4.78 is 7.36. The summed E-state index contributed by atoms with van der Waals surface area (Å²) in [5, 5.41) is 13.8. The van der Waals surface area contributed by atoms with Crippen molar-refractivity contribution in [3.63, 3.8) is 0 Å². The molecule has 1 aromatic heterocycles. The van der Waals surface area contributed by atoms with Crippen LogP contribution < -0.4 is 33.6 Å². The van der Waals surface area contributed by atoms with Crippen molar-refractivity contribution in [2.45, 2.75) is 13.0 Å². The smallest absolute Gasteiger partial charge is 0.204 e. The summed E-state index contributed by atoms with van der Waals surface area (Å²) in [5.41, 5.74) is 2.33. The van der Waals surface area contributed by atoms with E-state index in [4.69, 9.17) is 14.9 Å². The second-order valence-corrected chi connectivity index (χ2v) is 5.39. The van der Waals surface area contributed by atoms with E-state index in [0.29, 0.717) is 13.0 Å². The fraction of sp³-hybridized carbons (Fsp3) is 0.412. The van der Waals surface area contributed by atoms with Crippen LogP contribution in [0.25, 0.3) is 11.1 Å². The second kappa shape index (κ2) is 9.14. The van der Waals surface area contributed by atoms with Gasteiger partial charge in [0.2, 0.25) is 6.20 Å². The van der Waals surface area contributed by atoms with Gasteiger partial charge in [-0.15, -0.1) is 0 Å². The molecule has 0 spiro atoms. The molecule has 1 fully saturated rings. The number of rotatable bonds is 5. The Morgan fingerprint density at radius 2 is 1.87 bits per heavy atom. The quantitative estimate of drug-likeness (QED) is 0.455. The highest BCUT2D eigenvalue weighted by Gasteiger charge is 2.18. The van der Waals surface area contributed by atoms with Crippen molar-refractivity contribution in [2.24, 2.45) is 0 Å². The molecule has 1 aliphatic heterocycles. The average molecular weight is 427 g/mol. The third-order valence-electron chi connectivity index (χ3n) is 3.79. The van der Waals surface area contributed by atoms with Crippen LogP contribution in [0.1, 0.15) is 6.42 Å². The maximum atomic E-state index is 9.06. The molecule has 1 saturated heterocycles. The van der Waals surface area contributed by atoms with Gasteiger partial charge in [-0.2, -0.15) is 0 Å². The van der Waals surface area contributed by atoms with E-state index in [1.165, 1.54) is 5.56 Å². The number of aliphatic hydroxyl groups is 1. The van der Waals surface area contributed by atoms with Gasteiger partial charge in [0.15, 0.2) is 12.4 Å². The fourth-order valence-electron chi connectivity index (χ4n) is 2.61. The van der Waals surface area contributed by atoms with Gasteiger partial charge < -0.3 is 38.7 Å². The van der Waals surface area contributed by atoms with Gasteiger partial charge in [0, 0.05) is 37.3 Å². The van der Waals surface area contributed by atoms with Gasteiger partial charge in [-0.3, -0.25) is 0 Å². The highest BCUT2D eigenvalue weighted by molar-refractivity contribution is 5.64. The first-order valence-electron chi connectivity index (χ1n) is 7.77. The summed E-state index contributed by atoms with van der Waals surface area (Å²) in [5.74, 6) is 0.975. The number of halogens is 1. The lowest BCUT2D eigenvalue weighted by Gasteiger charge is -2.26. The number of nitrogens with zero attached hydrogens (tertiary/aromatic N) is 3. The maximum absolute atomic E-state index is 9.06. The molecule has 2 heterocycles. The van der Waals surface area contributed by atoms with Crippen LogP contribution in [0.3, 0.4) is 0 Å². The topological polar surface area (TPSA) is 49.5 Å². The Labute approximate surface area is 153 Å². The summed E-state index contributed by atoms with van der Waals surface area (Å²) in [6.45, 7) is 4.11. The third kappa shape index (κ3) is 4.86. The molecule has 0 amide bonds. The first-order chi connectivity index (χ1) is 10.9. The average Bonchev–Trinajstić information content (AvgIpc) is 2.61. The zero-order valence-electron chi connectivity index (χ0n) is 13.1. The fourth-order valence-corrected chi connectivity index (χ4v) is 2.61. The normalized spacial score (nSPS) is 14.4. The molecule has 0 atom stereocenters. The van der Waals surface area contributed by atoms with Crippen molar-refractivity contribution in [1.29, 1.82) is 0 Å². The van der Waals surface area contributed by atoms with E-state index in [-0.39, 0.29) is 30.6 Å². The van der Waals surface area contributed by atoms with E-state index in [2.05, 4.69) is 29.3 Å². The molecule has 0 bridgehead atoms. The molecular weight excluding hydrogens is 405 g/mol. The van der Waals surface area contributed by atoms with Crippen LogP contribution >= 0.6 is 0 Å². The SMILES string of the molecule is OCCC[n+]1cc(-c2ccccc2)cc(N2CCOCC2)n1.[I-]. The van der Waals surface area contributed by atoms with Crippen molar-refractivity contribution in [3.05, 3.63) is 42.6 Å². The largest absolute Gasteiger partial charge is 1.00 e. The Balaban J connectivity index is 0.00000192.